The average Bonchev–Trinajstić information content (AvgIpc) is 3.00. The summed E-state index contributed by atoms with van der Waals surface area (Å²) < 4.78 is 10.1. The normalized spacial score (nSPS) is 10.8. The summed E-state index contributed by atoms with van der Waals surface area (Å²) in [5, 5.41) is 5.71. The quantitative estimate of drug-likeness (QED) is 0.396. The van der Waals surface area contributed by atoms with E-state index in [0.29, 0.717) is 41.2 Å². The number of aromatic nitrogens is 1. The minimum Gasteiger partial charge on any atom is -0.460 e. The highest BCUT2D eigenvalue weighted by Crippen LogP contribution is 2.19. The van der Waals surface area contributed by atoms with Gasteiger partial charge in [0.2, 0.25) is 5.91 Å². The molecule has 1 aromatic carbocycles. The highest BCUT2D eigenvalue weighted by Gasteiger charge is 2.23. The number of aryl methyl sites for hydroxylation is 1. The maximum atomic E-state index is 12.7. The minimum atomic E-state index is -0.493. The van der Waals surface area contributed by atoms with Crippen LogP contribution in [-0.2, 0) is 20.8 Å². The number of esters is 1. The molecule has 0 spiro atoms. The van der Waals surface area contributed by atoms with E-state index in [1.807, 2.05) is 38.1 Å². The second-order valence-corrected chi connectivity index (χ2v) is 7.78. The molecule has 0 saturated carbocycles. The number of amides is 2. The number of aromatic amines is 1. The first-order valence-corrected chi connectivity index (χ1v) is 10.2. The van der Waals surface area contributed by atoms with Crippen LogP contribution in [-0.4, -0.2) is 43.1 Å². The second-order valence-electron chi connectivity index (χ2n) is 7.78. The predicted molar refractivity (Wildman–Crippen MR) is 118 cm³/mol. The Morgan fingerprint density at radius 1 is 1.13 bits per heavy atom. The van der Waals surface area contributed by atoms with Crippen molar-refractivity contribution in [2.24, 2.45) is 5.92 Å². The zero-order valence-corrected chi connectivity index (χ0v) is 18.8. The van der Waals surface area contributed by atoms with Gasteiger partial charge in [-0.25, -0.2) is 4.79 Å². The Morgan fingerprint density at radius 3 is 2.55 bits per heavy atom. The fourth-order valence-corrected chi connectivity index (χ4v) is 3.19. The monoisotopic (exact) mass is 429 g/mol. The molecule has 8 heteroatoms. The lowest BCUT2D eigenvalue weighted by Crippen LogP contribution is -2.24. The molecule has 0 saturated heterocycles. The van der Waals surface area contributed by atoms with Gasteiger partial charge in [-0.2, -0.15) is 0 Å². The number of anilines is 1. The number of hydrogen-bond donors (Lipinski definition) is 3. The molecular weight excluding hydrogens is 398 g/mol. The molecule has 0 atom stereocenters. The number of carbonyl (C=O) groups is 3. The van der Waals surface area contributed by atoms with Gasteiger partial charge in [0, 0.05) is 31.5 Å². The van der Waals surface area contributed by atoms with E-state index in [4.69, 9.17) is 9.47 Å². The number of H-pyrrole nitrogens is 1. The van der Waals surface area contributed by atoms with Gasteiger partial charge in [0.1, 0.15) is 12.3 Å². The van der Waals surface area contributed by atoms with E-state index in [2.05, 4.69) is 15.6 Å². The molecule has 2 amide bonds. The molecule has 3 N–H and O–H groups in total. The van der Waals surface area contributed by atoms with E-state index in [1.54, 1.807) is 13.8 Å². The molecule has 2 aromatic rings. The molecule has 0 aliphatic rings. The largest absolute Gasteiger partial charge is 0.460 e. The van der Waals surface area contributed by atoms with Crippen LogP contribution in [0.1, 0.15) is 57.9 Å². The molecule has 1 heterocycles. The maximum Gasteiger partial charge on any atom is 0.340 e. The van der Waals surface area contributed by atoms with E-state index in [0.717, 1.165) is 5.56 Å². The number of rotatable bonds is 10. The topological polar surface area (TPSA) is 110 Å². The van der Waals surface area contributed by atoms with Crippen LogP contribution in [0.3, 0.4) is 0 Å². The van der Waals surface area contributed by atoms with Crippen LogP contribution in [0.15, 0.2) is 24.3 Å². The van der Waals surface area contributed by atoms with Gasteiger partial charge in [0.25, 0.3) is 5.91 Å². The first-order chi connectivity index (χ1) is 14.7. The number of ether oxygens (including phenoxy) is 2. The SMILES string of the molecule is COCCOC(=O)c1c(C)[nH]c(C(=O)NCc2cccc(NC(=O)CC(C)C)c2)c1C. The van der Waals surface area contributed by atoms with Gasteiger partial charge in [0.15, 0.2) is 0 Å². The van der Waals surface area contributed by atoms with Crippen LogP contribution in [0.5, 0.6) is 0 Å². The van der Waals surface area contributed by atoms with E-state index in [-0.39, 0.29) is 30.9 Å². The molecule has 0 fully saturated rings. The standard InChI is InChI=1S/C23H31N3O5/c1-14(2)11-19(27)26-18-8-6-7-17(12-18)13-24-22(28)21-15(3)20(16(4)25-21)23(29)31-10-9-30-5/h6-8,12,14,25H,9-11,13H2,1-5H3,(H,24,28)(H,26,27). The molecule has 0 unspecified atom stereocenters. The Morgan fingerprint density at radius 2 is 1.87 bits per heavy atom. The smallest absolute Gasteiger partial charge is 0.340 e. The third-order valence-corrected chi connectivity index (χ3v) is 4.65. The summed E-state index contributed by atoms with van der Waals surface area (Å²) in [5.41, 5.74) is 3.31. The first kappa shape index (κ1) is 24.1. The number of carbonyl (C=O) groups excluding carboxylic acids is 3. The van der Waals surface area contributed by atoms with E-state index >= 15 is 0 Å². The summed E-state index contributed by atoms with van der Waals surface area (Å²) in [6, 6.07) is 7.32. The summed E-state index contributed by atoms with van der Waals surface area (Å²) in [6.45, 7) is 8.12. The Hall–Kier alpha value is -3.13. The Labute approximate surface area is 182 Å². The van der Waals surface area contributed by atoms with Crippen molar-refractivity contribution in [3.05, 3.63) is 52.3 Å². The highest BCUT2D eigenvalue weighted by atomic mass is 16.6. The maximum absolute atomic E-state index is 12.7. The van der Waals surface area contributed by atoms with Crippen LogP contribution in [0, 0.1) is 19.8 Å². The molecule has 0 bridgehead atoms. The van der Waals surface area contributed by atoms with Crippen LogP contribution in [0.4, 0.5) is 5.69 Å². The van der Waals surface area contributed by atoms with Crippen molar-refractivity contribution in [3.63, 3.8) is 0 Å². The van der Waals surface area contributed by atoms with Crippen molar-refractivity contribution in [1.82, 2.24) is 10.3 Å². The lowest BCUT2D eigenvalue weighted by molar-refractivity contribution is -0.116. The summed E-state index contributed by atoms with van der Waals surface area (Å²) in [5.74, 6) is -0.589. The third kappa shape index (κ3) is 6.96. The molecule has 2 rings (SSSR count). The predicted octanol–water partition coefficient (Wildman–Crippen LogP) is 3.35. The van der Waals surface area contributed by atoms with Crippen LogP contribution in [0.2, 0.25) is 0 Å². The number of hydrogen-bond acceptors (Lipinski definition) is 5. The Balaban J connectivity index is 2.02. The molecule has 0 aliphatic heterocycles. The van der Waals surface area contributed by atoms with Crippen LogP contribution >= 0.6 is 0 Å². The molecule has 168 valence electrons. The lowest BCUT2D eigenvalue weighted by Gasteiger charge is -2.10. The third-order valence-electron chi connectivity index (χ3n) is 4.65. The van der Waals surface area contributed by atoms with Crippen molar-refractivity contribution < 1.29 is 23.9 Å². The average molecular weight is 430 g/mol. The molecule has 1 aromatic heterocycles. The van der Waals surface area contributed by atoms with E-state index in [9.17, 15) is 14.4 Å². The molecule has 8 nitrogen and oxygen atoms in total. The number of methoxy groups -OCH3 is 1. The fraction of sp³-hybridized carbons (Fsp3) is 0.435. The molecule has 0 radical (unpaired) electrons. The Bertz CT molecular complexity index is 933. The van der Waals surface area contributed by atoms with Crippen molar-refractivity contribution in [2.45, 2.75) is 40.7 Å². The molecule has 31 heavy (non-hydrogen) atoms. The van der Waals surface area contributed by atoms with Gasteiger partial charge < -0.3 is 25.1 Å². The zero-order chi connectivity index (χ0) is 23.0. The number of benzene rings is 1. The first-order valence-electron chi connectivity index (χ1n) is 10.2. The van der Waals surface area contributed by atoms with Crippen molar-refractivity contribution in [1.29, 1.82) is 0 Å². The number of nitrogens with one attached hydrogen (secondary N) is 3. The molecular formula is C23H31N3O5. The van der Waals surface area contributed by atoms with E-state index in [1.165, 1.54) is 7.11 Å². The van der Waals surface area contributed by atoms with Gasteiger partial charge in [-0.3, -0.25) is 9.59 Å². The van der Waals surface area contributed by atoms with Crippen LogP contribution in [0.25, 0.3) is 0 Å². The van der Waals surface area contributed by atoms with Gasteiger partial charge in [-0.1, -0.05) is 26.0 Å². The summed E-state index contributed by atoms with van der Waals surface area (Å²) in [4.78, 5) is 39.9. The van der Waals surface area contributed by atoms with Gasteiger partial charge in [0.05, 0.1) is 12.2 Å². The van der Waals surface area contributed by atoms with E-state index < -0.39 is 5.97 Å². The van der Waals surface area contributed by atoms with Crippen LogP contribution < -0.4 is 10.6 Å². The lowest BCUT2D eigenvalue weighted by atomic mass is 10.1. The summed E-state index contributed by atoms with van der Waals surface area (Å²) in [6.07, 6.45) is 0.447. The van der Waals surface area contributed by atoms with Crippen molar-refractivity contribution in [3.8, 4) is 0 Å². The van der Waals surface area contributed by atoms with Gasteiger partial charge >= 0.3 is 5.97 Å². The fourth-order valence-electron chi connectivity index (χ4n) is 3.19. The second kappa shape index (κ2) is 11.3. The highest BCUT2D eigenvalue weighted by molar-refractivity contribution is 6.00. The molecule has 0 aliphatic carbocycles. The van der Waals surface area contributed by atoms with Crippen molar-refractivity contribution in [2.75, 3.05) is 25.6 Å². The summed E-state index contributed by atoms with van der Waals surface area (Å²) >= 11 is 0. The van der Waals surface area contributed by atoms with Gasteiger partial charge in [-0.15, -0.1) is 0 Å². The summed E-state index contributed by atoms with van der Waals surface area (Å²) in [7, 11) is 1.53. The van der Waals surface area contributed by atoms with Crippen molar-refractivity contribution >= 4 is 23.5 Å². The van der Waals surface area contributed by atoms with Gasteiger partial charge in [-0.05, 0) is 43.0 Å². The minimum absolute atomic E-state index is 0.0430. The zero-order valence-electron chi connectivity index (χ0n) is 18.8. The Kier molecular flexibility index (Phi) is 8.81.